The number of amides is 1. The van der Waals surface area contributed by atoms with E-state index < -0.39 is 5.82 Å². The number of rotatable bonds is 9. The number of carbonyl (C=O) groups is 1. The molecule has 156 valence electrons. The Morgan fingerprint density at radius 1 is 1.00 bits per heavy atom. The summed E-state index contributed by atoms with van der Waals surface area (Å²) in [6.45, 7) is 0.536. The van der Waals surface area contributed by atoms with Crippen molar-refractivity contribution < 1.29 is 14.3 Å². The Morgan fingerprint density at radius 3 is 2.17 bits per heavy atom. The molecule has 0 unspecified atom stereocenters. The van der Waals surface area contributed by atoms with E-state index in [0.29, 0.717) is 18.0 Å². The van der Waals surface area contributed by atoms with Crippen molar-refractivity contribution in [2.75, 3.05) is 25.0 Å². The number of hydrogen-bond donors (Lipinski definition) is 2. The third-order valence-electron chi connectivity index (χ3n) is 4.75. The monoisotopic (exact) mass is 426 g/mol. The number of carbonyl (C=O) groups excluding carboxylic acids is 1. The summed E-state index contributed by atoms with van der Waals surface area (Å²) in [4.78, 5) is 14.8. The lowest BCUT2D eigenvalue weighted by molar-refractivity contribution is -0.117. The van der Waals surface area contributed by atoms with Crippen LogP contribution in [0.4, 0.5) is 10.1 Å². The first-order chi connectivity index (χ1) is 14.6. The minimum absolute atomic E-state index is 0.0112. The summed E-state index contributed by atoms with van der Waals surface area (Å²) < 4.78 is 14.0. The normalized spacial score (nSPS) is 11.1. The maximum Gasteiger partial charge on any atom is 0.238 e. The van der Waals surface area contributed by atoms with Gasteiger partial charge in [0.15, 0.2) is 0 Å². The van der Waals surface area contributed by atoms with E-state index in [1.807, 2.05) is 65.6 Å². The molecule has 0 saturated heterocycles. The molecule has 4 nitrogen and oxygen atoms in total. The average molecular weight is 427 g/mol. The smallest absolute Gasteiger partial charge is 0.238 e. The van der Waals surface area contributed by atoms with E-state index in [1.54, 1.807) is 0 Å². The SMILES string of the molecule is O=C(CN(CCCO)C(c1ccccc1)c1ccccc1)Nc1cc(Cl)ccc1F. The van der Waals surface area contributed by atoms with Crippen LogP contribution in [0.15, 0.2) is 78.9 Å². The molecule has 0 atom stereocenters. The van der Waals surface area contributed by atoms with Crippen LogP contribution in [0.2, 0.25) is 5.02 Å². The van der Waals surface area contributed by atoms with Gasteiger partial charge < -0.3 is 10.4 Å². The van der Waals surface area contributed by atoms with Gasteiger partial charge in [-0.15, -0.1) is 0 Å². The minimum Gasteiger partial charge on any atom is -0.396 e. The summed E-state index contributed by atoms with van der Waals surface area (Å²) in [6, 6.07) is 23.6. The number of hydrogen-bond acceptors (Lipinski definition) is 3. The van der Waals surface area contributed by atoms with Gasteiger partial charge in [0.1, 0.15) is 5.82 Å². The highest BCUT2D eigenvalue weighted by molar-refractivity contribution is 6.30. The quantitative estimate of drug-likeness (QED) is 0.512. The number of aliphatic hydroxyl groups is 1. The van der Waals surface area contributed by atoms with Crippen LogP contribution >= 0.6 is 11.6 Å². The summed E-state index contributed by atoms with van der Waals surface area (Å²) >= 11 is 5.93. The first kappa shape index (κ1) is 22.0. The summed E-state index contributed by atoms with van der Waals surface area (Å²) in [5.41, 5.74) is 2.11. The molecular formula is C24H24ClFN2O2. The van der Waals surface area contributed by atoms with Gasteiger partial charge in [-0.2, -0.15) is 0 Å². The van der Waals surface area contributed by atoms with Crippen molar-refractivity contribution in [3.05, 3.63) is 101 Å². The van der Waals surface area contributed by atoms with Gasteiger partial charge in [-0.1, -0.05) is 72.3 Å². The molecule has 0 bridgehead atoms. The largest absolute Gasteiger partial charge is 0.396 e. The maximum absolute atomic E-state index is 14.0. The molecule has 0 radical (unpaired) electrons. The van der Waals surface area contributed by atoms with Gasteiger partial charge in [0, 0.05) is 18.2 Å². The molecule has 3 aromatic rings. The van der Waals surface area contributed by atoms with Gasteiger partial charge in [0.25, 0.3) is 0 Å². The second-order valence-electron chi connectivity index (χ2n) is 6.94. The first-order valence-corrected chi connectivity index (χ1v) is 10.2. The van der Waals surface area contributed by atoms with E-state index in [1.165, 1.54) is 18.2 Å². The summed E-state index contributed by atoms with van der Waals surface area (Å²) in [5.74, 6) is -0.900. The third kappa shape index (κ3) is 5.89. The number of aliphatic hydroxyl groups excluding tert-OH is 1. The first-order valence-electron chi connectivity index (χ1n) is 9.78. The molecule has 0 aliphatic carbocycles. The maximum atomic E-state index is 14.0. The van der Waals surface area contributed by atoms with Gasteiger partial charge in [-0.25, -0.2) is 4.39 Å². The molecule has 6 heteroatoms. The van der Waals surface area contributed by atoms with E-state index in [4.69, 9.17) is 11.6 Å². The lowest BCUT2D eigenvalue weighted by atomic mass is 9.96. The Kier molecular flexibility index (Phi) is 7.97. The van der Waals surface area contributed by atoms with E-state index >= 15 is 0 Å². The van der Waals surface area contributed by atoms with E-state index in [0.717, 1.165) is 11.1 Å². The predicted molar refractivity (Wildman–Crippen MR) is 118 cm³/mol. The lowest BCUT2D eigenvalue weighted by Crippen LogP contribution is -2.38. The molecule has 3 rings (SSSR count). The lowest BCUT2D eigenvalue weighted by Gasteiger charge is -2.32. The van der Waals surface area contributed by atoms with Crippen molar-refractivity contribution in [2.24, 2.45) is 0 Å². The second kappa shape index (κ2) is 10.9. The Morgan fingerprint density at radius 2 is 1.60 bits per heavy atom. The van der Waals surface area contributed by atoms with Crippen LogP contribution in [-0.4, -0.2) is 35.6 Å². The van der Waals surface area contributed by atoms with Crippen molar-refractivity contribution >= 4 is 23.2 Å². The Balaban J connectivity index is 1.88. The van der Waals surface area contributed by atoms with Gasteiger partial charge in [-0.05, 0) is 35.7 Å². The molecule has 0 saturated carbocycles. The second-order valence-corrected chi connectivity index (χ2v) is 7.38. The van der Waals surface area contributed by atoms with Crippen LogP contribution in [0.1, 0.15) is 23.6 Å². The number of benzene rings is 3. The molecular weight excluding hydrogens is 403 g/mol. The van der Waals surface area contributed by atoms with Crippen molar-refractivity contribution in [2.45, 2.75) is 12.5 Å². The zero-order chi connectivity index (χ0) is 21.3. The standard InChI is InChI=1S/C24H24ClFN2O2/c25-20-12-13-21(26)22(16-20)27-23(30)17-28(14-7-15-29)24(18-8-3-1-4-9-18)19-10-5-2-6-11-19/h1-6,8-13,16,24,29H,7,14-15,17H2,(H,27,30). The molecule has 3 aromatic carbocycles. The molecule has 1 amide bonds. The number of nitrogens with zero attached hydrogens (tertiary/aromatic N) is 1. The summed E-state index contributed by atoms with van der Waals surface area (Å²) in [6.07, 6.45) is 0.509. The summed E-state index contributed by atoms with van der Waals surface area (Å²) in [7, 11) is 0. The van der Waals surface area contributed by atoms with E-state index in [9.17, 15) is 14.3 Å². The van der Waals surface area contributed by atoms with Gasteiger partial charge in [0.05, 0.1) is 18.3 Å². The molecule has 0 fully saturated rings. The molecule has 0 spiro atoms. The molecule has 0 aliphatic rings. The van der Waals surface area contributed by atoms with Crippen molar-refractivity contribution in [1.82, 2.24) is 4.90 Å². The highest BCUT2D eigenvalue weighted by atomic mass is 35.5. The number of anilines is 1. The minimum atomic E-state index is -0.544. The van der Waals surface area contributed by atoms with Crippen LogP contribution in [-0.2, 0) is 4.79 Å². The zero-order valence-corrected chi connectivity index (χ0v) is 17.2. The molecule has 0 heterocycles. The van der Waals surface area contributed by atoms with Crippen LogP contribution in [0.5, 0.6) is 0 Å². The Labute approximate surface area is 180 Å². The van der Waals surface area contributed by atoms with Gasteiger partial charge >= 0.3 is 0 Å². The van der Waals surface area contributed by atoms with Gasteiger partial charge in [-0.3, -0.25) is 9.69 Å². The fourth-order valence-electron chi connectivity index (χ4n) is 3.43. The van der Waals surface area contributed by atoms with E-state index in [-0.39, 0.29) is 30.8 Å². The Hall–Kier alpha value is -2.73. The van der Waals surface area contributed by atoms with Crippen LogP contribution in [0.25, 0.3) is 0 Å². The topological polar surface area (TPSA) is 52.6 Å². The van der Waals surface area contributed by atoms with Gasteiger partial charge in [0.2, 0.25) is 5.91 Å². The molecule has 2 N–H and O–H groups in total. The van der Waals surface area contributed by atoms with Crippen LogP contribution in [0, 0.1) is 5.82 Å². The molecule has 0 aromatic heterocycles. The zero-order valence-electron chi connectivity index (χ0n) is 16.5. The van der Waals surface area contributed by atoms with Crippen molar-refractivity contribution in [3.8, 4) is 0 Å². The van der Waals surface area contributed by atoms with Crippen LogP contribution < -0.4 is 5.32 Å². The average Bonchev–Trinajstić information content (AvgIpc) is 2.76. The van der Waals surface area contributed by atoms with Crippen LogP contribution in [0.3, 0.4) is 0 Å². The highest BCUT2D eigenvalue weighted by Crippen LogP contribution is 2.29. The molecule has 0 aliphatic heterocycles. The molecule has 30 heavy (non-hydrogen) atoms. The highest BCUT2D eigenvalue weighted by Gasteiger charge is 2.24. The fraction of sp³-hybridized carbons (Fsp3) is 0.208. The van der Waals surface area contributed by atoms with Crippen molar-refractivity contribution in [1.29, 1.82) is 0 Å². The predicted octanol–water partition coefficient (Wildman–Crippen LogP) is 4.89. The Bertz CT molecular complexity index is 914. The third-order valence-corrected chi connectivity index (χ3v) is 4.98. The number of halogens is 2. The fourth-order valence-corrected chi connectivity index (χ4v) is 3.60. The van der Waals surface area contributed by atoms with E-state index in [2.05, 4.69) is 5.32 Å². The summed E-state index contributed by atoms with van der Waals surface area (Å²) in [5, 5.41) is 12.3. The van der Waals surface area contributed by atoms with Crippen molar-refractivity contribution in [3.63, 3.8) is 0 Å². The number of nitrogens with one attached hydrogen (secondary N) is 1.